The molecule has 1 saturated carbocycles. The van der Waals surface area contributed by atoms with E-state index < -0.39 is 5.97 Å². The van der Waals surface area contributed by atoms with E-state index in [9.17, 15) is 4.79 Å². The molecule has 0 amide bonds. The monoisotopic (exact) mass is 273 g/mol. The Morgan fingerprint density at radius 1 is 1.15 bits per heavy atom. The maximum Gasteiger partial charge on any atom is 0.304 e. The van der Waals surface area contributed by atoms with E-state index in [0.717, 1.165) is 31.8 Å². The van der Waals surface area contributed by atoms with Gasteiger partial charge in [-0.25, -0.2) is 0 Å². The van der Waals surface area contributed by atoms with E-state index >= 15 is 0 Å². The minimum absolute atomic E-state index is 0.212. The van der Waals surface area contributed by atoms with Crippen LogP contribution in [0.25, 0.3) is 0 Å². The summed E-state index contributed by atoms with van der Waals surface area (Å²) in [5, 5.41) is 9.03. The lowest BCUT2D eigenvalue weighted by atomic mass is 9.98. The summed E-state index contributed by atoms with van der Waals surface area (Å²) in [6.45, 7) is 1.92. The molecule has 0 aromatic heterocycles. The van der Waals surface area contributed by atoms with E-state index in [1.165, 1.54) is 30.4 Å². The Balaban J connectivity index is 1.63. The van der Waals surface area contributed by atoms with Crippen LogP contribution in [0, 0.1) is 0 Å². The first-order valence-electron chi connectivity index (χ1n) is 7.77. The molecule has 3 nitrogen and oxygen atoms in total. The number of hydrogen-bond acceptors (Lipinski definition) is 2. The maximum atomic E-state index is 11.0. The zero-order valence-electron chi connectivity index (χ0n) is 11.9. The quantitative estimate of drug-likeness (QED) is 0.894. The number of hydrogen-bond donors (Lipinski definition) is 1. The summed E-state index contributed by atoms with van der Waals surface area (Å²) in [5.41, 5.74) is 2.78. The molecule has 0 bridgehead atoms. The molecule has 3 rings (SSSR count). The second-order valence-electron chi connectivity index (χ2n) is 6.23. The van der Waals surface area contributed by atoms with Gasteiger partial charge in [0.15, 0.2) is 0 Å². The molecule has 20 heavy (non-hydrogen) atoms. The molecule has 1 saturated heterocycles. The van der Waals surface area contributed by atoms with E-state index in [2.05, 4.69) is 29.2 Å². The molecule has 0 spiro atoms. The van der Waals surface area contributed by atoms with Crippen molar-refractivity contribution in [2.24, 2.45) is 0 Å². The van der Waals surface area contributed by atoms with E-state index in [0.29, 0.717) is 0 Å². The van der Waals surface area contributed by atoms with E-state index in [-0.39, 0.29) is 12.5 Å². The molecule has 2 fully saturated rings. The zero-order valence-corrected chi connectivity index (χ0v) is 11.9. The third-order valence-corrected chi connectivity index (χ3v) is 4.57. The summed E-state index contributed by atoms with van der Waals surface area (Å²) in [6.07, 6.45) is 6.33. The Bertz CT molecular complexity index is 464. The van der Waals surface area contributed by atoms with Crippen LogP contribution in [0.15, 0.2) is 24.3 Å². The van der Waals surface area contributed by atoms with Gasteiger partial charge < -0.3 is 5.11 Å². The fourth-order valence-electron chi connectivity index (χ4n) is 3.25. The van der Waals surface area contributed by atoms with Crippen LogP contribution >= 0.6 is 0 Å². The van der Waals surface area contributed by atoms with Gasteiger partial charge >= 0.3 is 5.97 Å². The Morgan fingerprint density at radius 3 is 2.55 bits per heavy atom. The Hall–Kier alpha value is -1.35. The van der Waals surface area contributed by atoms with Crippen LogP contribution in [0.3, 0.4) is 0 Å². The Morgan fingerprint density at radius 2 is 1.90 bits per heavy atom. The number of carboxylic acid groups (broad SMARTS) is 1. The van der Waals surface area contributed by atoms with Crippen LogP contribution in [0.5, 0.6) is 0 Å². The highest BCUT2D eigenvalue weighted by molar-refractivity contribution is 5.67. The van der Waals surface area contributed by atoms with Crippen molar-refractivity contribution in [2.45, 2.75) is 57.0 Å². The molecule has 1 aromatic carbocycles. The molecular weight excluding hydrogens is 250 g/mol. The van der Waals surface area contributed by atoms with Gasteiger partial charge in [-0.05, 0) is 49.3 Å². The number of rotatable bonds is 5. The number of benzene rings is 1. The highest BCUT2D eigenvalue weighted by Gasteiger charge is 2.25. The average Bonchev–Trinajstić information content (AvgIpc) is 3.26. The summed E-state index contributed by atoms with van der Waals surface area (Å²) >= 11 is 0. The number of aliphatic carboxylic acids is 1. The molecule has 1 unspecified atom stereocenters. The number of carboxylic acids is 1. The van der Waals surface area contributed by atoms with Gasteiger partial charge in [-0.15, -0.1) is 0 Å². The molecule has 3 heteroatoms. The van der Waals surface area contributed by atoms with Gasteiger partial charge in [-0.2, -0.15) is 0 Å². The van der Waals surface area contributed by atoms with Crippen LogP contribution < -0.4 is 0 Å². The van der Waals surface area contributed by atoms with Crippen LogP contribution in [0.4, 0.5) is 0 Å². The zero-order chi connectivity index (χ0) is 13.9. The summed E-state index contributed by atoms with van der Waals surface area (Å²) in [5.74, 6) is 0.129. The van der Waals surface area contributed by atoms with Gasteiger partial charge in [0, 0.05) is 12.6 Å². The predicted octanol–water partition coefficient (Wildman–Crippen LogP) is 3.39. The molecule has 108 valence electrons. The largest absolute Gasteiger partial charge is 0.481 e. The standard InChI is InChI=1S/C17H23NO2/c19-17(20)11-16-3-1-2-10-18(16)12-13-4-6-14(7-5-13)15-8-9-15/h4-7,15-16H,1-3,8-12H2,(H,19,20). The van der Waals surface area contributed by atoms with Gasteiger partial charge in [0.2, 0.25) is 0 Å². The van der Waals surface area contributed by atoms with Crippen LogP contribution in [0.1, 0.15) is 55.6 Å². The lowest BCUT2D eigenvalue weighted by Crippen LogP contribution is -2.40. The van der Waals surface area contributed by atoms with Crippen molar-refractivity contribution in [3.63, 3.8) is 0 Å². The molecular formula is C17H23NO2. The molecule has 1 atom stereocenters. The third kappa shape index (κ3) is 3.40. The number of nitrogens with zero attached hydrogens (tertiary/aromatic N) is 1. The second-order valence-corrected chi connectivity index (χ2v) is 6.23. The smallest absolute Gasteiger partial charge is 0.304 e. The average molecular weight is 273 g/mol. The van der Waals surface area contributed by atoms with Gasteiger partial charge in [-0.1, -0.05) is 30.7 Å². The van der Waals surface area contributed by atoms with Crippen molar-refractivity contribution < 1.29 is 9.90 Å². The summed E-state index contributed by atoms with van der Waals surface area (Å²) in [7, 11) is 0. The third-order valence-electron chi connectivity index (χ3n) is 4.57. The van der Waals surface area contributed by atoms with E-state index in [1.54, 1.807) is 0 Å². The normalized spacial score (nSPS) is 23.7. The molecule has 1 aliphatic heterocycles. The van der Waals surface area contributed by atoms with Gasteiger partial charge in [0.05, 0.1) is 6.42 Å². The van der Waals surface area contributed by atoms with Crippen molar-refractivity contribution in [3.8, 4) is 0 Å². The van der Waals surface area contributed by atoms with E-state index in [1.807, 2.05) is 0 Å². The van der Waals surface area contributed by atoms with Crippen molar-refractivity contribution in [1.29, 1.82) is 0 Å². The van der Waals surface area contributed by atoms with E-state index in [4.69, 9.17) is 5.11 Å². The van der Waals surface area contributed by atoms with Crippen molar-refractivity contribution in [1.82, 2.24) is 4.90 Å². The highest BCUT2D eigenvalue weighted by Crippen LogP contribution is 2.40. The summed E-state index contributed by atoms with van der Waals surface area (Å²) in [4.78, 5) is 13.3. The van der Waals surface area contributed by atoms with Gasteiger partial charge in [0.1, 0.15) is 0 Å². The minimum atomic E-state index is -0.675. The molecule has 0 radical (unpaired) electrons. The van der Waals surface area contributed by atoms with Crippen LogP contribution in [-0.2, 0) is 11.3 Å². The first kappa shape index (κ1) is 13.6. The first-order chi connectivity index (χ1) is 9.72. The fourth-order valence-corrected chi connectivity index (χ4v) is 3.25. The van der Waals surface area contributed by atoms with Gasteiger partial charge in [-0.3, -0.25) is 9.69 Å². The maximum absolute atomic E-state index is 11.0. The molecule has 1 aromatic rings. The Kier molecular flexibility index (Phi) is 4.06. The molecule has 1 heterocycles. The second kappa shape index (κ2) is 5.96. The molecule has 1 N–H and O–H groups in total. The van der Waals surface area contributed by atoms with Gasteiger partial charge in [0.25, 0.3) is 0 Å². The number of carbonyl (C=O) groups is 1. The topological polar surface area (TPSA) is 40.5 Å². The van der Waals surface area contributed by atoms with Crippen LogP contribution in [0.2, 0.25) is 0 Å². The minimum Gasteiger partial charge on any atom is -0.481 e. The predicted molar refractivity (Wildman–Crippen MR) is 78.7 cm³/mol. The lowest BCUT2D eigenvalue weighted by Gasteiger charge is -2.35. The SMILES string of the molecule is O=C(O)CC1CCCCN1Cc1ccc(C2CC2)cc1. The fraction of sp³-hybridized carbons (Fsp3) is 0.588. The van der Waals surface area contributed by atoms with Crippen LogP contribution in [-0.4, -0.2) is 28.6 Å². The van der Waals surface area contributed by atoms with Crippen molar-refractivity contribution in [3.05, 3.63) is 35.4 Å². The Labute approximate surface area is 120 Å². The lowest BCUT2D eigenvalue weighted by molar-refractivity contribution is -0.138. The number of piperidine rings is 1. The van der Waals surface area contributed by atoms with Crippen molar-refractivity contribution in [2.75, 3.05) is 6.54 Å². The summed E-state index contributed by atoms with van der Waals surface area (Å²) in [6, 6.07) is 9.16. The highest BCUT2D eigenvalue weighted by atomic mass is 16.4. The number of likely N-dealkylation sites (tertiary alicyclic amines) is 1. The molecule has 1 aliphatic carbocycles. The first-order valence-corrected chi connectivity index (χ1v) is 7.77. The van der Waals surface area contributed by atoms with Crippen molar-refractivity contribution >= 4 is 5.97 Å². The molecule has 2 aliphatic rings. The summed E-state index contributed by atoms with van der Waals surface area (Å²) < 4.78 is 0.